The van der Waals surface area contributed by atoms with Crippen LogP contribution in [0.5, 0.6) is 0 Å². The van der Waals surface area contributed by atoms with E-state index < -0.39 is 0 Å². The molecule has 1 fully saturated rings. The number of hydrogen-bond acceptors (Lipinski definition) is 5. The van der Waals surface area contributed by atoms with E-state index in [2.05, 4.69) is 22.5 Å². The highest BCUT2D eigenvalue weighted by Gasteiger charge is 2.15. The smallest absolute Gasteiger partial charge is 0.339 e. The van der Waals surface area contributed by atoms with Crippen molar-refractivity contribution in [2.75, 3.05) is 32.1 Å². The van der Waals surface area contributed by atoms with Crippen LogP contribution in [-0.2, 0) is 4.74 Å². The largest absolute Gasteiger partial charge is 0.465 e. The molecule has 0 spiro atoms. The summed E-state index contributed by atoms with van der Waals surface area (Å²) in [5.74, 6) is 5.34. The van der Waals surface area contributed by atoms with Crippen LogP contribution >= 0.6 is 24.8 Å². The molecule has 1 aliphatic rings. The normalized spacial score (nSPS) is 13.7. The lowest BCUT2D eigenvalue weighted by Gasteiger charge is -2.24. The first kappa shape index (κ1) is 21.6. The fourth-order valence-electron chi connectivity index (χ4n) is 2.37. The number of carbonyl (C=O) groups is 1. The molecule has 0 bridgehead atoms. The molecule has 1 aromatic carbocycles. The van der Waals surface area contributed by atoms with Crippen LogP contribution in [-0.4, -0.2) is 38.8 Å². The molecule has 0 saturated carbocycles. The number of benzene rings is 1. The Hall–Kier alpha value is -1.45. The lowest BCUT2D eigenvalue weighted by Crippen LogP contribution is -2.35. The summed E-state index contributed by atoms with van der Waals surface area (Å²) in [4.78, 5) is 11.7. The Balaban J connectivity index is 0.00000242. The first-order valence-electron chi connectivity index (χ1n) is 7.13. The van der Waals surface area contributed by atoms with Crippen LogP contribution in [0.2, 0.25) is 0 Å². The quantitative estimate of drug-likeness (QED) is 0.566. The van der Waals surface area contributed by atoms with E-state index in [1.807, 2.05) is 12.1 Å². The van der Waals surface area contributed by atoms with Gasteiger partial charge in [0.05, 0.1) is 19.2 Å². The maximum Gasteiger partial charge on any atom is 0.339 e. The fraction of sp³-hybridized carbons (Fsp3) is 0.438. The van der Waals surface area contributed by atoms with E-state index in [0.717, 1.165) is 31.6 Å². The molecule has 23 heavy (non-hydrogen) atoms. The van der Waals surface area contributed by atoms with Gasteiger partial charge in [-0.3, -0.25) is 0 Å². The van der Waals surface area contributed by atoms with Crippen molar-refractivity contribution in [1.29, 1.82) is 0 Å². The van der Waals surface area contributed by atoms with E-state index in [1.165, 1.54) is 7.11 Å². The molecule has 128 valence electrons. The van der Waals surface area contributed by atoms with Crippen LogP contribution in [0.15, 0.2) is 18.2 Å². The Bertz CT molecular complexity index is 564. The van der Waals surface area contributed by atoms with Crippen molar-refractivity contribution in [3.8, 4) is 11.8 Å². The number of ether oxygens (including phenoxy) is 1. The maximum atomic E-state index is 11.7. The molecule has 7 heteroatoms. The van der Waals surface area contributed by atoms with Gasteiger partial charge in [-0.25, -0.2) is 4.79 Å². The van der Waals surface area contributed by atoms with Gasteiger partial charge in [0, 0.05) is 17.3 Å². The predicted molar refractivity (Wildman–Crippen MR) is 97.7 cm³/mol. The maximum absolute atomic E-state index is 11.7. The second kappa shape index (κ2) is 11.1. The first-order valence-corrected chi connectivity index (χ1v) is 7.13. The molecule has 0 unspecified atom stereocenters. The molecule has 1 aliphatic heterocycles. The van der Waals surface area contributed by atoms with Gasteiger partial charge in [0.15, 0.2) is 0 Å². The number of anilines is 1. The summed E-state index contributed by atoms with van der Waals surface area (Å²) < 4.78 is 4.78. The van der Waals surface area contributed by atoms with Gasteiger partial charge in [-0.1, -0.05) is 11.8 Å². The lowest BCUT2D eigenvalue weighted by molar-refractivity contribution is 0.0600. The van der Waals surface area contributed by atoms with Crippen LogP contribution in [0.25, 0.3) is 0 Å². The van der Waals surface area contributed by atoms with Crippen molar-refractivity contribution in [2.24, 2.45) is 5.73 Å². The minimum absolute atomic E-state index is 0. The number of nitrogens with two attached hydrogens (primary N) is 1. The Morgan fingerprint density at radius 2 is 2.09 bits per heavy atom. The Labute approximate surface area is 149 Å². The lowest BCUT2D eigenvalue weighted by atomic mass is 10.0. The Morgan fingerprint density at radius 3 is 2.70 bits per heavy atom. The van der Waals surface area contributed by atoms with Gasteiger partial charge < -0.3 is 21.1 Å². The third kappa shape index (κ3) is 6.28. The summed E-state index contributed by atoms with van der Waals surface area (Å²) in [5, 5.41) is 6.82. The topological polar surface area (TPSA) is 76.4 Å². The molecular formula is C16H23Cl2N3O2. The highest BCUT2D eigenvalue weighted by atomic mass is 35.5. The second-order valence-corrected chi connectivity index (χ2v) is 4.93. The number of nitrogens with one attached hydrogen (secondary N) is 2. The molecule has 0 atom stereocenters. The third-order valence-electron chi connectivity index (χ3n) is 3.46. The van der Waals surface area contributed by atoms with Gasteiger partial charge >= 0.3 is 5.97 Å². The van der Waals surface area contributed by atoms with Crippen molar-refractivity contribution in [3.63, 3.8) is 0 Å². The number of halogens is 2. The van der Waals surface area contributed by atoms with Gasteiger partial charge in [-0.2, -0.15) is 0 Å². The average Bonchev–Trinajstić information content (AvgIpc) is 2.53. The molecule has 5 nitrogen and oxygen atoms in total. The number of rotatable bonds is 3. The van der Waals surface area contributed by atoms with E-state index >= 15 is 0 Å². The van der Waals surface area contributed by atoms with Gasteiger partial charge in [-0.05, 0) is 44.1 Å². The minimum Gasteiger partial charge on any atom is -0.465 e. The number of piperidine rings is 1. The first-order chi connectivity index (χ1) is 10.2. The van der Waals surface area contributed by atoms with E-state index in [1.54, 1.807) is 6.07 Å². The molecule has 0 aromatic heterocycles. The van der Waals surface area contributed by atoms with Crippen molar-refractivity contribution in [3.05, 3.63) is 29.3 Å². The van der Waals surface area contributed by atoms with Crippen LogP contribution in [0.3, 0.4) is 0 Å². The van der Waals surface area contributed by atoms with Gasteiger partial charge in [0.2, 0.25) is 0 Å². The van der Waals surface area contributed by atoms with Crippen molar-refractivity contribution < 1.29 is 9.53 Å². The summed E-state index contributed by atoms with van der Waals surface area (Å²) in [5.41, 5.74) is 7.49. The Morgan fingerprint density at radius 1 is 1.39 bits per heavy atom. The molecule has 0 aliphatic carbocycles. The molecule has 1 heterocycles. The number of hydrogen-bond donors (Lipinski definition) is 3. The van der Waals surface area contributed by atoms with Crippen LogP contribution in [0.4, 0.5) is 5.69 Å². The van der Waals surface area contributed by atoms with Crippen molar-refractivity contribution in [2.45, 2.75) is 18.9 Å². The zero-order valence-electron chi connectivity index (χ0n) is 13.1. The second-order valence-electron chi connectivity index (χ2n) is 4.93. The number of methoxy groups -OCH3 is 1. The van der Waals surface area contributed by atoms with Crippen molar-refractivity contribution >= 4 is 36.5 Å². The molecule has 4 N–H and O–H groups in total. The summed E-state index contributed by atoms with van der Waals surface area (Å²) in [6, 6.07) is 5.97. The molecule has 0 radical (unpaired) electrons. The fourth-order valence-corrected chi connectivity index (χ4v) is 2.37. The average molecular weight is 360 g/mol. The zero-order chi connectivity index (χ0) is 15.1. The zero-order valence-corrected chi connectivity index (χ0v) is 14.7. The van der Waals surface area contributed by atoms with Crippen LogP contribution in [0, 0.1) is 11.8 Å². The summed E-state index contributed by atoms with van der Waals surface area (Å²) in [6.45, 7) is 2.31. The third-order valence-corrected chi connectivity index (χ3v) is 3.46. The standard InChI is InChI=1S/C16H21N3O2.2ClH/c1-21-16(20)15-5-4-14(11-12(15)3-2-8-17)19-13-6-9-18-10-7-13;;/h4-5,11,13,18-19H,6-10,17H2,1H3;2*1H. The summed E-state index contributed by atoms with van der Waals surface area (Å²) in [7, 11) is 1.36. The van der Waals surface area contributed by atoms with Gasteiger partial charge in [-0.15, -0.1) is 24.8 Å². The molecule has 1 aromatic rings. The van der Waals surface area contributed by atoms with Crippen LogP contribution in [0.1, 0.15) is 28.8 Å². The Kier molecular flexibility index (Phi) is 10.4. The minimum atomic E-state index is -0.385. The van der Waals surface area contributed by atoms with E-state index in [9.17, 15) is 4.79 Å². The monoisotopic (exact) mass is 359 g/mol. The molecule has 0 amide bonds. The predicted octanol–water partition coefficient (Wildman–Crippen LogP) is 1.79. The van der Waals surface area contributed by atoms with Crippen molar-refractivity contribution in [1.82, 2.24) is 5.32 Å². The van der Waals surface area contributed by atoms with E-state index in [0.29, 0.717) is 17.2 Å². The number of esters is 1. The number of carbonyl (C=O) groups excluding carboxylic acids is 1. The molecule has 1 saturated heterocycles. The molecular weight excluding hydrogens is 337 g/mol. The van der Waals surface area contributed by atoms with E-state index in [-0.39, 0.29) is 37.3 Å². The summed E-state index contributed by atoms with van der Waals surface area (Å²) in [6.07, 6.45) is 2.17. The highest BCUT2D eigenvalue weighted by Crippen LogP contribution is 2.19. The van der Waals surface area contributed by atoms with Gasteiger partial charge in [0.1, 0.15) is 0 Å². The van der Waals surface area contributed by atoms with Crippen LogP contribution < -0.4 is 16.4 Å². The molecule has 2 rings (SSSR count). The highest BCUT2D eigenvalue weighted by molar-refractivity contribution is 5.93. The van der Waals surface area contributed by atoms with E-state index in [4.69, 9.17) is 10.5 Å². The summed E-state index contributed by atoms with van der Waals surface area (Å²) >= 11 is 0. The SMILES string of the molecule is COC(=O)c1ccc(NC2CCNCC2)cc1C#CCN.Cl.Cl. The van der Waals surface area contributed by atoms with Gasteiger partial charge in [0.25, 0.3) is 0 Å².